The van der Waals surface area contributed by atoms with Gasteiger partial charge < -0.3 is 10.6 Å². The summed E-state index contributed by atoms with van der Waals surface area (Å²) >= 11 is 0. The van der Waals surface area contributed by atoms with Gasteiger partial charge in [0.2, 0.25) is 0 Å². The number of carbonyl (C=O) groups is 1. The average Bonchev–Trinajstić information content (AvgIpc) is 3.32. The molecule has 2 N–H and O–H groups in total. The fourth-order valence-electron chi connectivity index (χ4n) is 3.24. The first-order chi connectivity index (χ1) is 12.7. The molecule has 1 atom stereocenters. The number of piperidine rings is 1. The molecule has 0 bridgehead atoms. The highest BCUT2D eigenvalue weighted by Gasteiger charge is 2.18. The number of hydrogen-bond acceptors (Lipinski definition) is 4. The normalized spacial score (nSPS) is 17.2. The van der Waals surface area contributed by atoms with Crippen molar-refractivity contribution in [2.75, 3.05) is 18.4 Å². The highest BCUT2D eigenvalue weighted by atomic mass is 16.2. The Hall–Kier alpha value is -2.93. The van der Waals surface area contributed by atoms with Gasteiger partial charge in [-0.2, -0.15) is 10.2 Å². The SMILES string of the molecule is Cc1ccn(-c2ccccc2NC(=O)c2ccn(C3CCCNC3)n2)n1. The molecule has 3 heterocycles. The van der Waals surface area contributed by atoms with Gasteiger partial charge in [-0.05, 0) is 50.6 Å². The second-order valence-electron chi connectivity index (χ2n) is 6.55. The van der Waals surface area contributed by atoms with Crippen LogP contribution in [-0.4, -0.2) is 38.6 Å². The van der Waals surface area contributed by atoms with E-state index in [2.05, 4.69) is 20.8 Å². The molecule has 0 saturated carbocycles. The third-order valence-corrected chi connectivity index (χ3v) is 4.61. The second-order valence-corrected chi connectivity index (χ2v) is 6.55. The standard InChI is InChI=1S/C19H22N6O/c1-14-8-11-25(22-14)18-7-3-2-6-16(18)21-19(26)17-9-12-24(23-17)15-5-4-10-20-13-15/h2-3,6-9,11-12,15,20H,4-5,10,13H2,1H3,(H,21,26). The van der Waals surface area contributed by atoms with Crippen LogP contribution in [0.3, 0.4) is 0 Å². The minimum atomic E-state index is -0.219. The summed E-state index contributed by atoms with van der Waals surface area (Å²) in [5.74, 6) is -0.219. The largest absolute Gasteiger partial charge is 0.319 e. The summed E-state index contributed by atoms with van der Waals surface area (Å²) < 4.78 is 3.65. The number of aryl methyl sites for hydroxylation is 1. The molecule has 4 rings (SSSR count). The Morgan fingerprint density at radius 1 is 1.19 bits per heavy atom. The van der Waals surface area contributed by atoms with Crippen molar-refractivity contribution in [1.29, 1.82) is 0 Å². The third kappa shape index (κ3) is 3.39. The molecule has 1 aromatic carbocycles. The Morgan fingerprint density at radius 3 is 2.85 bits per heavy atom. The van der Waals surface area contributed by atoms with Crippen LogP contribution in [0.5, 0.6) is 0 Å². The van der Waals surface area contributed by atoms with Gasteiger partial charge in [0.05, 0.1) is 23.1 Å². The van der Waals surface area contributed by atoms with Crippen LogP contribution in [-0.2, 0) is 0 Å². The van der Waals surface area contributed by atoms with Crippen LogP contribution in [0, 0.1) is 6.92 Å². The molecule has 3 aromatic rings. The minimum Gasteiger partial charge on any atom is -0.319 e. The van der Waals surface area contributed by atoms with Gasteiger partial charge in [-0.25, -0.2) is 4.68 Å². The first-order valence-corrected chi connectivity index (χ1v) is 8.89. The fraction of sp³-hybridized carbons (Fsp3) is 0.316. The molecule has 0 spiro atoms. The first-order valence-electron chi connectivity index (χ1n) is 8.89. The van der Waals surface area contributed by atoms with E-state index in [1.54, 1.807) is 10.7 Å². The number of para-hydroxylation sites is 2. The summed E-state index contributed by atoms with van der Waals surface area (Å²) in [4.78, 5) is 12.7. The summed E-state index contributed by atoms with van der Waals surface area (Å²) in [6.07, 6.45) is 5.97. The molecular formula is C19H22N6O. The second kappa shape index (κ2) is 7.13. The van der Waals surface area contributed by atoms with Crippen LogP contribution in [0.1, 0.15) is 35.1 Å². The van der Waals surface area contributed by atoms with Crippen molar-refractivity contribution in [1.82, 2.24) is 24.9 Å². The summed E-state index contributed by atoms with van der Waals surface area (Å²) in [5, 5.41) is 15.2. The van der Waals surface area contributed by atoms with Gasteiger partial charge in [-0.15, -0.1) is 0 Å². The molecule has 134 valence electrons. The molecule has 7 heteroatoms. The molecule has 1 fully saturated rings. The lowest BCUT2D eigenvalue weighted by Crippen LogP contribution is -2.32. The van der Waals surface area contributed by atoms with Crippen LogP contribution >= 0.6 is 0 Å². The maximum Gasteiger partial charge on any atom is 0.276 e. The molecule has 1 aliphatic heterocycles. The maximum absolute atomic E-state index is 12.7. The molecule has 1 saturated heterocycles. The zero-order valence-corrected chi connectivity index (χ0v) is 14.7. The van der Waals surface area contributed by atoms with Gasteiger partial charge in [0, 0.05) is 18.9 Å². The van der Waals surface area contributed by atoms with Gasteiger partial charge in [-0.1, -0.05) is 12.1 Å². The van der Waals surface area contributed by atoms with Crippen molar-refractivity contribution in [2.24, 2.45) is 0 Å². The van der Waals surface area contributed by atoms with Crippen LogP contribution in [0.25, 0.3) is 5.69 Å². The number of carbonyl (C=O) groups excluding carboxylic acids is 1. The topological polar surface area (TPSA) is 76.8 Å². The van der Waals surface area contributed by atoms with Crippen molar-refractivity contribution in [3.05, 3.63) is 60.2 Å². The van der Waals surface area contributed by atoms with E-state index in [1.807, 2.05) is 54.3 Å². The Kier molecular flexibility index (Phi) is 4.53. The van der Waals surface area contributed by atoms with Crippen molar-refractivity contribution < 1.29 is 4.79 Å². The molecule has 7 nitrogen and oxygen atoms in total. The van der Waals surface area contributed by atoms with E-state index in [0.29, 0.717) is 17.4 Å². The lowest BCUT2D eigenvalue weighted by atomic mass is 10.1. The highest BCUT2D eigenvalue weighted by Crippen LogP contribution is 2.21. The molecule has 1 unspecified atom stereocenters. The number of nitrogens with one attached hydrogen (secondary N) is 2. The summed E-state index contributed by atoms with van der Waals surface area (Å²) in [6, 6.07) is 11.6. The molecule has 0 radical (unpaired) electrons. The first kappa shape index (κ1) is 16.5. The zero-order valence-electron chi connectivity index (χ0n) is 14.7. The number of hydrogen-bond donors (Lipinski definition) is 2. The summed E-state index contributed by atoms with van der Waals surface area (Å²) in [6.45, 7) is 3.88. The molecule has 1 aliphatic rings. The zero-order chi connectivity index (χ0) is 17.9. The monoisotopic (exact) mass is 350 g/mol. The smallest absolute Gasteiger partial charge is 0.276 e. The van der Waals surface area contributed by atoms with Crippen LogP contribution < -0.4 is 10.6 Å². The molecular weight excluding hydrogens is 328 g/mol. The van der Waals surface area contributed by atoms with E-state index in [9.17, 15) is 4.79 Å². The number of rotatable bonds is 4. The van der Waals surface area contributed by atoms with E-state index in [-0.39, 0.29) is 5.91 Å². The Morgan fingerprint density at radius 2 is 2.08 bits per heavy atom. The number of nitrogens with zero attached hydrogens (tertiary/aromatic N) is 4. The lowest BCUT2D eigenvalue weighted by Gasteiger charge is -2.22. The van der Waals surface area contributed by atoms with Gasteiger partial charge in [0.25, 0.3) is 5.91 Å². The number of anilines is 1. The van der Waals surface area contributed by atoms with E-state index >= 15 is 0 Å². The van der Waals surface area contributed by atoms with Crippen LogP contribution in [0.15, 0.2) is 48.8 Å². The van der Waals surface area contributed by atoms with Crippen molar-refractivity contribution in [3.8, 4) is 5.69 Å². The number of benzene rings is 1. The van der Waals surface area contributed by atoms with Gasteiger partial charge in [-0.3, -0.25) is 9.48 Å². The predicted molar refractivity (Wildman–Crippen MR) is 99.6 cm³/mol. The van der Waals surface area contributed by atoms with E-state index in [1.165, 1.54) is 0 Å². The minimum absolute atomic E-state index is 0.219. The molecule has 26 heavy (non-hydrogen) atoms. The van der Waals surface area contributed by atoms with Crippen molar-refractivity contribution in [2.45, 2.75) is 25.8 Å². The highest BCUT2D eigenvalue weighted by molar-refractivity contribution is 6.03. The van der Waals surface area contributed by atoms with Crippen LogP contribution in [0.2, 0.25) is 0 Å². The summed E-state index contributed by atoms with van der Waals surface area (Å²) in [5.41, 5.74) is 2.87. The molecule has 1 amide bonds. The van der Waals surface area contributed by atoms with E-state index in [0.717, 1.165) is 37.3 Å². The van der Waals surface area contributed by atoms with Gasteiger partial charge >= 0.3 is 0 Å². The Labute approximate surface area is 152 Å². The summed E-state index contributed by atoms with van der Waals surface area (Å²) in [7, 11) is 0. The Bertz CT molecular complexity index is 906. The van der Waals surface area contributed by atoms with Crippen molar-refractivity contribution in [3.63, 3.8) is 0 Å². The van der Waals surface area contributed by atoms with Gasteiger partial charge in [0.15, 0.2) is 5.69 Å². The average molecular weight is 350 g/mol. The van der Waals surface area contributed by atoms with E-state index in [4.69, 9.17) is 0 Å². The number of aromatic nitrogens is 4. The number of amides is 1. The molecule has 0 aliphatic carbocycles. The van der Waals surface area contributed by atoms with Crippen LogP contribution in [0.4, 0.5) is 5.69 Å². The lowest BCUT2D eigenvalue weighted by molar-refractivity contribution is 0.102. The predicted octanol–water partition coefficient (Wildman–Crippen LogP) is 2.55. The van der Waals surface area contributed by atoms with Crippen molar-refractivity contribution >= 4 is 11.6 Å². The third-order valence-electron chi connectivity index (χ3n) is 4.61. The fourth-order valence-corrected chi connectivity index (χ4v) is 3.24. The maximum atomic E-state index is 12.7. The quantitative estimate of drug-likeness (QED) is 0.758. The van der Waals surface area contributed by atoms with E-state index < -0.39 is 0 Å². The van der Waals surface area contributed by atoms with Gasteiger partial charge in [0.1, 0.15) is 0 Å². The molecule has 2 aromatic heterocycles. The Balaban J connectivity index is 1.53.